The minimum absolute atomic E-state index is 0.269. The highest BCUT2D eigenvalue weighted by Crippen LogP contribution is 2.16. The van der Waals surface area contributed by atoms with Crippen molar-refractivity contribution < 1.29 is 9.52 Å². The van der Waals surface area contributed by atoms with Gasteiger partial charge in [-0.25, -0.2) is 0 Å². The minimum Gasteiger partial charge on any atom is -0.508 e. The fraction of sp³-hybridized carbons (Fsp3) is 0.286. The van der Waals surface area contributed by atoms with Gasteiger partial charge in [0.05, 0.1) is 6.26 Å². The lowest BCUT2D eigenvalue weighted by Gasteiger charge is -2.13. The summed E-state index contributed by atoms with van der Waals surface area (Å²) in [6.45, 7) is 2.98. The van der Waals surface area contributed by atoms with Crippen LogP contribution in [0, 0.1) is 0 Å². The van der Waals surface area contributed by atoms with E-state index in [2.05, 4.69) is 12.2 Å². The quantitative estimate of drug-likeness (QED) is 0.831. The van der Waals surface area contributed by atoms with E-state index in [9.17, 15) is 5.11 Å². The Morgan fingerprint density at radius 3 is 2.65 bits per heavy atom. The number of phenols is 1. The Morgan fingerprint density at radius 2 is 2.00 bits per heavy atom. The van der Waals surface area contributed by atoms with Gasteiger partial charge in [-0.05, 0) is 36.8 Å². The molecule has 3 nitrogen and oxygen atoms in total. The molecule has 0 aliphatic carbocycles. The van der Waals surface area contributed by atoms with Crippen LogP contribution in [0.15, 0.2) is 47.1 Å². The molecule has 1 atom stereocenters. The van der Waals surface area contributed by atoms with Crippen molar-refractivity contribution in [1.29, 1.82) is 0 Å². The molecular weight excluding hydrogens is 214 g/mol. The van der Waals surface area contributed by atoms with Gasteiger partial charge in [0.15, 0.2) is 0 Å². The van der Waals surface area contributed by atoms with Crippen LogP contribution in [-0.2, 0) is 6.42 Å². The molecule has 0 radical (unpaired) electrons. The first kappa shape index (κ1) is 11.7. The van der Waals surface area contributed by atoms with Gasteiger partial charge in [-0.1, -0.05) is 12.1 Å². The molecule has 2 aromatic rings. The molecule has 2 N–H and O–H groups in total. The first-order valence-electron chi connectivity index (χ1n) is 5.80. The summed E-state index contributed by atoms with van der Waals surface area (Å²) >= 11 is 0. The van der Waals surface area contributed by atoms with E-state index in [1.54, 1.807) is 18.4 Å². The highest BCUT2D eigenvalue weighted by atomic mass is 16.3. The summed E-state index contributed by atoms with van der Waals surface area (Å²) in [5.41, 5.74) is 1.17. The van der Waals surface area contributed by atoms with Crippen molar-refractivity contribution in [3.63, 3.8) is 0 Å². The molecule has 1 aromatic heterocycles. The molecule has 0 aliphatic rings. The maximum atomic E-state index is 9.21. The van der Waals surface area contributed by atoms with Crippen LogP contribution in [0.4, 0.5) is 0 Å². The smallest absolute Gasteiger partial charge is 0.115 e. The predicted molar refractivity (Wildman–Crippen MR) is 66.9 cm³/mol. The van der Waals surface area contributed by atoms with Gasteiger partial charge in [-0.3, -0.25) is 0 Å². The largest absolute Gasteiger partial charge is 0.508 e. The second kappa shape index (κ2) is 5.55. The molecule has 1 unspecified atom stereocenters. The zero-order chi connectivity index (χ0) is 12.1. The molecule has 0 spiro atoms. The van der Waals surface area contributed by atoms with Gasteiger partial charge >= 0.3 is 0 Å². The Morgan fingerprint density at radius 1 is 1.24 bits per heavy atom. The van der Waals surface area contributed by atoms with E-state index in [1.807, 2.05) is 24.3 Å². The van der Waals surface area contributed by atoms with E-state index in [0.717, 1.165) is 18.7 Å². The maximum Gasteiger partial charge on any atom is 0.115 e. The third kappa shape index (κ3) is 3.36. The number of benzene rings is 1. The van der Waals surface area contributed by atoms with Crippen LogP contribution in [-0.4, -0.2) is 11.7 Å². The van der Waals surface area contributed by atoms with Gasteiger partial charge in [0.2, 0.25) is 0 Å². The van der Waals surface area contributed by atoms with Crippen molar-refractivity contribution in [2.45, 2.75) is 19.4 Å². The monoisotopic (exact) mass is 231 g/mol. The third-order valence-corrected chi connectivity index (χ3v) is 2.80. The fourth-order valence-electron chi connectivity index (χ4n) is 1.75. The Labute approximate surface area is 101 Å². The summed E-state index contributed by atoms with van der Waals surface area (Å²) in [6.07, 6.45) is 2.58. The molecule has 0 fully saturated rings. The molecule has 90 valence electrons. The number of furan rings is 1. The van der Waals surface area contributed by atoms with Gasteiger partial charge in [-0.2, -0.15) is 0 Å². The third-order valence-electron chi connectivity index (χ3n) is 2.80. The summed E-state index contributed by atoms with van der Waals surface area (Å²) in [7, 11) is 0. The molecule has 0 bridgehead atoms. The number of rotatable bonds is 5. The first-order valence-corrected chi connectivity index (χ1v) is 5.80. The van der Waals surface area contributed by atoms with Crippen molar-refractivity contribution in [1.82, 2.24) is 5.32 Å². The Hall–Kier alpha value is -1.74. The van der Waals surface area contributed by atoms with E-state index >= 15 is 0 Å². The first-order chi connectivity index (χ1) is 8.25. The summed E-state index contributed by atoms with van der Waals surface area (Å²) < 4.78 is 5.26. The Balaban J connectivity index is 1.81. The molecule has 0 saturated carbocycles. The van der Waals surface area contributed by atoms with Crippen molar-refractivity contribution in [3.05, 3.63) is 54.0 Å². The van der Waals surface area contributed by atoms with Crippen LogP contribution in [0.1, 0.15) is 24.3 Å². The SMILES string of the molecule is CC(NCCc1ccco1)c1ccc(O)cc1. The average molecular weight is 231 g/mol. The lowest BCUT2D eigenvalue weighted by atomic mass is 10.1. The number of phenolic OH excluding ortho intramolecular Hbond substituents is 1. The molecule has 1 heterocycles. The molecular formula is C14H17NO2. The van der Waals surface area contributed by atoms with E-state index in [4.69, 9.17) is 4.42 Å². The molecule has 3 heteroatoms. The molecule has 0 amide bonds. The number of aromatic hydroxyl groups is 1. The van der Waals surface area contributed by atoms with E-state index in [-0.39, 0.29) is 6.04 Å². The van der Waals surface area contributed by atoms with Crippen LogP contribution in [0.5, 0.6) is 5.75 Å². The topological polar surface area (TPSA) is 45.4 Å². The second-order valence-corrected chi connectivity index (χ2v) is 4.10. The van der Waals surface area contributed by atoms with Crippen LogP contribution >= 0.6 is 0 Å². The molecule has 2 rings (SSSR count). The van der Waals surface area contributed by atoms with Gasteiger partial charge in [0.1, 0.15) is 11.5 Å². The fourth-order valence-corrected chi connectivity index (χ4v) is 1.75. The van der Waals surface area contributed by atoms with E-state index in [1.165, 1.54) is 5.56 Å². The van der Waals surface area contributed by atoms with E-state index < -0.39 is 0 Å². The zero-order valence-electron chi connectivity index (χ0n) is 9.89. The highest BCUT2D eigenvalue weighted by Gasteiger charge is 2.04. The molecule has 17 heavy (non-hydrogen) atoms. The van der Waals surface area contributed by atoms with Crippen LogP contribution in [0.2, 0.25) is 0 Å². The standard InChI is InChI=1S/C14H17NO2/c1-11(12-4-6-13(16)7-5-12)15-9-8-14-3-2-10-17-14/h2-7,10-11,15-16H,8-9H2,1H3. The maximum absolute atomic E-state index is 9.21. The van der Waals surface area contributed by atoms with Gasteiger partial charge in [0.25, 0.3) is 0 Å². The summed E-state index contributed by atoms with van der Waals surface area (Å²) in [5, 5.41) is 12.6. The highest BCUT2D eigenvalue weighted by molar-refractivity contribution is 5.27. The molecule has 0 saturated heterocycles. The molecule has 1 aromatic carbocycles. The summed E-state index contributed by atoms with van der Waals surface area (Å²) in [5.74, 6) is 1.30. The number of hydrogen-bond donors (Lipinski definition) is 2. The van der Waals surface area contributed by atoms with Gasteiger partial charge < -0.3 is 14.8 Å². The lowest BCUT2D eigenvalue weighted by molar-refractivity contribution is 0.473. The van der Waals surface area contributed by atoms with Crippen LogP contribution in [0.25, 0.3) is 0 Å². The summed E-state index contributed by atoms with van der Waals surface area (Å²) in [4.78, 5) is 0. The number of nitrogens with one attached hydrogen (secondary N) is 1. The number of hydrogen-bond acceptors (Lipinski definition) is 3. The van der Waals surface area contributed by atoms with Crippen molar-refractivity contribution >= 4 is 0 Å². The zero-order valence-corrected chi connectivity index (χ0v) is 9.89. The van der Waals surface area contributed by atoms with Crippen LogP contribution < -0.4 is 5.32 Å². The summed E-state index contributed by atoms with van der Waals surface area (Å²) in [6, 6.07) is 11.4. The lowest BCUT2D eigenvalue weighted by Crippen LogP contribution is -2.21. The predicted octanol–water partition coefficient (Wildman–Crippen LogP) is 2.88. The van der Waals surface area contributed by atoms with Crippen molar-refractivity contribution in [2.24, 2.45) is 0 Å². The van der Waals surface area contributed by atoms with Gasteiger partial charge in [-0.15, -0.1) is 0 Å². The van der Waals surface area contributed by atoms with Crippen LogP contribution in [0.3, 0.4) is 0 Å². The normalized spacial score (nSPS) is 12.5. The second-order valence-electron chi connectivity index (χ2n) is 4.10. The minimum atomic E-state index is 0.269. The van der Waals surface area contributed by atoms with Crippen molar-refractivity contribution in [3.8, 4) is 5.75 Å². The van der Waals surface area contributed by atoms with E-state index in [0.29, 0.717) is 5.75 Å². The Bertz CT molecular complexity index is 434. The Kier molecular flexibility index (Phi) is 3.83. The van der Waals surface area contributed by atoms with Crippen molar-refractivity contribution in [2.75, 3.05) is 6.54 Å². The van der Waals surface area contributed by atoms with Gasteiger partial charge in [0, 0.05) is 19.0 Å². The molecule has 0 aliphatic heterocycles. The average Bonchev–Trinajstić information content (AvgIpc) is 2.83.